The summed E-state index contributed by atoms with van der Waals surface area (Å²) in [5.41, 5.74) is 0.328. The van der Waals surface area contributed by atoms with Crippen molar-refractivity contribution in [2.75, 3.05) is 13.7 Å². The fourth-order valence-corrected chi connectivity index (χ4v) is 4.60. The summed E-state index contributed by atoms with van der Waals surface area (Å²) in [5.74, 6) is -1.27. The standard InChI is InChI=1S/C19H26N2O4/c1-3-25-16-12-15(19(16)8-5-4-6-9-19)21(2)17(22)13-7-10-20-14(11-13)18(23)24/h7,10-11,15-16H,3-6,8-9,12H2,1-2H3,(H,23,24). The van der Waals surface area contributed by atoms with Crippen molar-refractivity contribution < 1.29 is 19.4 Å². The van der Waals surface area contributed by atoms with Crippen LogP contribution < -0.4 is 0 Å². The maximum Gasteiger partial charge on any atom is 0.354 e. The maximum atomic E-state index is 12.9. The van der Waals surface area contributed by atoms with Gasteiger partial charge in [0.05, 0.1) is 6.10 Å². The van der Waals surface area contributed by atoms with Gasteiger partial charge in [0.1, 0.15) is 5.69 Å². The highest BCUT2D eigenvalue weighted by Gasteiger charge is 2.57. The number of ether oxygens (including phenoxy) is 1. The molecule has 1 aromatic rings. The van der Waals surface area contributed by atoms with Crippen molar-refractivity contribution in [1.82, 2.24) is 9.88 Å². The molecule has 0 aromatic carbocycles. The Morgan fingerprint density at radius 2 is 2.08 bits per heavy atom. The second-order valence-electron chi connectivity index (χ2n) is 7.14. The number of carboxylic acids is 1. The smallest absolute Gasteiger partial charge is 0.354 e. The molecule has 1 spiro atoms. The van der Waals surface area contributed by atoms with Gasteiger partial charge >= 0.3 is 5.97 Å². The summed E-state index contributed by atoms with van der Waals surface area (Å²) in [4.78, 5) is 29.6. The number of aromatic nitrogens is 1. The van der Waals surface area contributed by atoms with Crippen LogP contribution in [0.15, 0.2) is 18.3 Å². The van der Waals surface area contributed by atoms with E-state index >= 15 is 0 Å². The first-order chi connectivity index (χ1) is 12.0. The van der Waals surface area contributed by atoms with Crippen LogP contribution in [0.2, 0.25) is 0 Å². The molecule has 6 heteroatoms. The van der Waals surface area contributed by atoms with Crippen LogP contribution in [0.3, 0.4) is 0 Å². The van der Waals surface area contributed by atoms with Crippen molar-refractivity contribution in [2.24, 2.45) is 5.41 Å². The van der Waals surface area contributed by atoms with Gasteiger partial charge in [-0.3, -0.25) is 4.79 Å². The summed E-state index contributed by atoms with van der Waals surface area (Å²) in [7, 11) is 1.83. The topological polar surface area (TPSA) is 79.7 Å². The highest BCUT2D eigenvalue weighted by atomic mass is 16.5. The van der Waals surface area contributed by atoms with E-state index in [9.17, 15) is 9.59 Å². The molecule has 25 heavy (non-hydrogen) atoms. The number of aromatic carboxylic acids is 1. The Hall–Kier alpha value is -1.95. The summed E-state index contributed by atoms with van der Waals surface area (Å²) in [6, 6.07) is 3.09. The highest BCUT2D eigenvalue weighted by molar-refractivity contribution is 5.96. The molecule has 136 valence electrons. The third-order valence-electron chi connectivity index (χ3n) is 5.91. The Morgan fingerprint density at radius 1 is 1.36 bits per heavy atom. The second-order valence-corrected chi connectivity index (χ2v) is 7.14. The lowest BCUT2D eigenvalue weighted by atomic mass is 9.54. The lowest BCUT2D eigenvalue weighted by Gasteiger charge is -2.60. The van der Waals surface area contributed by atoms with Gasteiger partial charge in [-0.25, -0.2) is 9.78 Å². The normalized spacial score (nSPS) is 24.6. The first-order valence-corrected chi connectivity index (χ1v) is 9.07. The van der Waals surface area contributed by atoms with Crippen molar-refractivity contribution >= 4 is 11.9 Å². The van der Waals surface area contributed by atoms with Gasteiger partial charge in [-0.15, -0.1) is 0 Å². The number of nitrogens with zero attached hydrogens (tertiary/aromatic N) is 2. The van der Waals surface area contributed by atoms with Gasteiger partial charge in [0.25, 0.3) is 5.91 Å². The van der Waals surface area contributed by atoms with Crippen LogP contribution in [0, 0.1) is 5.41 Å². The number of carbonyl (C=O) groups is 2. The molecule has 1 heterocycles. The molecular weight excluding hydrogens is 320 g/mol. The number of hydrogen-bond donors (Lipinski definition) is 1. The van der Waals surface area contributed by atoms with Crippen LogP contribution in [-0.4, -0.2) is 52.7 Å². The van der Waals surface area contributed by atoms with E-state index in [1.165, 1.54) is 31.5 Å². The molecule has 1 N–H and O–H groups in total. The Morgan fingerprint density at radius 3 is 2.72 bits per heavy atom. The molecule has 2 saturated carbocycles. The molecule has 2 atom stereocenters. The van der Waals surface area contributed by atoms with E-state index in [2.05, 4.69) is 4.98 Å². The zero-order valence-electron chi connectivity index (χ0n) is 14.9. The van der Waals surface area contributed by atoms with Crippen molar-refractivity contribution in [3.8, 4) is 0 Å². The van der Waals surface area contributed by atoms with Crippen LogP contribution in [0.25, 0.3) is 0 Å². The molecule has 2 aliphatic carbocycles. The quantitative estimate of drug-likeness (QED) is 0.886. The lowest BCUT2D eigenvalue weighted by molar-refractivity contribution is -0.170. The molecule has 0 aliphatic heterocycles. The van der Waals surface area contributed by atoms with Crippen molar-refractivity contribution in [2.45, 2.75) is 57.6 Å². The first kappa shape index (κ1) is 17.9. The van der Waals surface area contributed by atoms with Crippen LogP contribution >= 0.6 is 0 Å². The molecule has 6 nitrogen and oxygen atoms in total. The lowest BCUT2D eigenvalue weighted by Crippen LogP contribution is -2.65. The van der Waals surface area contributed by atoms with Crippen LogP contribution in [0.1, 0.15) is 66.3 Å². The molecular formula is C19H26N2O4. The minimum atomic E-state index is -1.12. The Bertz CT molecular complexity index is 655. The largest absolute Gasteiger partial charge is 0.477 e. The summed E-state index contributed by atoms with van der Waals surface area (Å²) < 4.78 is 5.96. The van der Waals surface area contributed by atoms with E-state index in [1.54, 1.807) is 11.0 Å². The van der Waals surface area contributed by atoms with Crippen molar-refractivity contribution in [3.63, 3.8) is 0 Å². The summed E-state index contributed by atoms with van der Waals surface area (Å²) >= 11 is 0. The van der Waals surface area contributed by atoms with E-state index in [0.29, 0.717) is 12.2 Å². The first-order valence-electron chi connectivity index (χ1n) is 9.07. The van der Waals surface area contributed by atoms with Gasteiger partial charge in [-0.05, 0) is 38.3 Å². The fraction of sp³-hybridized carbons (Fsp3) is 0.632. The van der Waals surface area contributed by atoms with Gasteiger partial charge in [0, 0.05) is 36.9 Å². The number of hydrogen-bond acceptors (Lipinski definition) is 4. The number of rotatable bonds is 5. The molecule has 1 amide bonds. The highest BCUT2D eigenvalue weighted by Crippen LogP contribution is 2.55. The number of carbonyl (C=O) groups excluding carboxylic acids is 1. The Labute approximate surface area is 148 Å². The average Bonchev–Trinajstić information content (AvgIpc) is 2.64. The Kier molecular flexibility index (Phi) is 5.08. The van der Waals surface area contributed by atoms with E-state index in [-0.39, 0.29) is 29.2 Å². The third kappa shape index (κ3) is 3.15. The van der Waals surface area contributed by atoms with E-state index in [0.717, 1.165) is 19.3 Å². The molecule has 0 radical (unpaired) electrons. The molecule has 0 saturated heterocycles. The fourth-order valence-electron chi connectivity index (χ4n) is 4.60. The zero-order chi connectivity index (χ0) is 18.0. The van der Waals surface area contributed by atoms with Crippen molar-refractivity contribution in [3.05, 3.63) is 29.6 Å². The Balaban J connectivity index is 1.80. The third-order valence-corrected chi connectivity index (χ3v) is 5.91. The van der Waals surface area contributed by atoms with E-state index in [4.69, 9.17) is 9.84 Å². The van der Waals surface area contributed by atoms with Crippen LogP contribution in [-0.2, 0) is 4.74 Å². The SMILES string of the molecule is CCOC1CC(N(C)C(=O)c2ccnc(C(=O)O)c2)C12CCCCC2. The van der Waals surface area contributed by atoms with Gasteiger partial charge in [0.2, 0.25) is 0 Å². The molecule has 2 aliphatic rings. The van der Waals surface area contributed by atoms with Gasteiger partial charge in [0.15, 0.2) is 0 Å². The van der Waals surface area contributed by atoms with Crippen LogP contribution in [0.4, 0.5) is 0 Å². The monoisotopic (exact) mass is 346 g/mol. The summed E-state index contributed by atoms with van der Waals surface area (Å²) in [6.07, 6.45) is 8.26. The second kappa shape index (κ2) is 7.12. The summed E-state index contributed by atoms with van der Waals surface area (Å²) in [6.45, 7) is 2.71. The average molecular weight is 346 g/mol. The molecule has 1 aromatic heterocycles. The minimum absolute atomic E-state index is 0.0569. The predicted molar refractivity (Wildman–Crippen MR) is 92.6 cm³/mol. The number of pyridine rings is 1. The molecule has 3 rings (SSSR count). The number of carboxylic acid groups (broad SMARTS) is 1. The zero-order valence-corrected chi connectivity index (χ0v) is 14.9. The van der Waals surface area contributed by atoms with E-state index in [1.807, 2.05) is 14.0 Å². The van der Waals surface area contributed by atoms with Gasteiger partial charge in [-0.2, -0.15) is 0 Å². The molecule has 0 bridgehead atoms. The number of amides is 1. The molecule has 2 fully saturated rings. The minimum Gasteiger partial charge on any atom is -0.477 e. The van der Waals surface area contributed by atoms with E-state index < -0.39 is 5.97 Å². The maximum absolute atomic E-state index is 12.9. The van der Waals surface area contributed by atoms with Crippen molar-refractivity contribution in [1.29, 1.82) is 0 Å². The van der Waals surface area contributed by atoms with Crippen LogP contribution in [0.5, 0.6) is 0 Å². The summed E-state index contributed by atoms with van der Waals surface area (Å²) in [5, 5.41) is 9.08. The van der Waals surface area contributed by atoms with Gasteiger partial charge in [-0.1, -0.05) is 19.3 Å². The van der Waals surface area contributed by atoms with Gasteiger partial charge < -0.3 is 14.7 Å². The predicted octanol–water partition coefficient (Wildman–Crippen LogP) is 2.98. The molecule has 2 unspecified atom stereocenters.